The van der Waals surface area contributed by atoms with Crippen LogP contribution in [-0.4, -0.2) is 101 Å². The highest BCUT2D eigenvalue weighted by molar-refractivity contribution is 7.87. The van der Waals surface area contributed by atoms with Gasteiger partial charge in [0, 0.05) is 19.6 Å². The molecule has 0 aromatic heterocycles. The number of benzene rings is 1. The molecular weight excluding hydrogens is 506 g/mol. The van der Waals surface area contributed by atoms with Crippen molar-refractivity contribution in [2.75, 3.05) is 19.6 Å². The Bertz CT molecular complexity index is 1200. The predicted octanol–water partition coefficient (Wildman–Crippen LogP) is -1.22. The van der Waals surface area contributed by atoms with E-state index in [0.29, 0.717) is 12.1 Å². The number of carbonyl (C=O) groups excluding carboxylic acids is 5. The summed E-state index contributed by atoms with van der Waals surface area (Å²) >= 11 is 0. The van der Waals surface area contributed by atoms with Crippen LogP contribution in [0.5, 0.6) is 0 Å². The first-order chi connectivity index (χ1) is 17.4. The van der Waals surface area contributed by atoms with Crippen LogP contribution in [0.4, 0.5) is 4.79 Å². The van der Waals surface area contributed by atoms with Gasteiger partial charge in [-0.05, 0) is 26.3 Å². The van der Waals surface area contributed by atoms with E-state index in [9.17, 15) is 38.1 Å². The number of amides is 6. The average molecular weight is 534 g/mol. The molecule has 3 fully saturated rings. The number of imide groups is 1. The van der Waals surface area contributed by atoms with Gasteiger partial charge in [0.15, 0.2) is 0 Å². The molecule has 6 amide bonds. The van der Waals surface area contributed by atoms with E-state index in [0.717, 1.165) is 9.80 Å². The number of nitrogens with one attached hydrogen (secondary N) is 2. The highest BCUT2D eigenvalue weighted by atomic mass is 32.2. The van der Waals surface area contributed by atoms with Gasteiger partial charge in [-0.15, -0.1) is 0 Å². The lowest BCUT2D eigenvalue weighted by atomic mass is 9.95. The van der Waals surface area contributed by atoms with Gasteiger partial charge >= 0.3 is 23.8 Å². The number of aliphatic carboxylic acids is 1. The van der Waals surface area contributed by atoms with Crippen molar-refractivity contribution in [3.8, 4) is 0 Å². The molecule has 3 aliphatic rings. The van der Waals surface area contributed by atoms with Crippen molar-refractivity contribution in [3.05, 3.63) is 35.9 Å². The Morgan fingerprint density at radius 3 is 2.35 bits per heavy atom. The lowest BCUT2D eigenvalue weighted by Gasteiger charge is -2.43. The molecule has 1 unspecified atom stereocenters. The molecule has 3 N–H and O–H groups in total. The minimum atomic E-state index is -1.80. The summed E-state index contributed by atoms with van der Waals surface area (Å²) in [6.07, 6.45) is 0. The van der Waals surface area contributed by atoms with Gasteiger partial charge < -0.3 is 25.5 Å². The van der Waals surface area contributed by atoms with Crippen LogP contribution in [0.15, 0.2) is 30.3 Å². The molecule has 0 radical (unpaired) electrons. The van der Waals surface area contributed by atoms with Gasteiger partial charge in [0.25, 0.3) is 0 Å². The first kappa shape index (κ1) is 26.3. The molecule has 3 heterocycles. The Morgan fingerprint density at radius 2 is 1.76 bits per heavy atom. The van der Waals surface area contributed by atoms with E-state index in [4.69, 9.17) is 0 Å². The van der Waals surface area contributed by atoms with Crippen molar-refractivity contribution >= 4 is 46.4 Å². The quantitative estimate of drug-likeness (QED) is 0.301. The molecule has 0 spiro atoms. The summed E-state index contributed by atoms with van der Waals surface area (Å²) in [6, 6.07) is 3.16. The van der Waals surface area contributed by atoms with Gasteiger partial charge in [-0.3, -0.25) is 28.3 Å². The topological polar surface area (TPSA) is 173 Å². The van der Waals surface area contributed by atoms with Gasteiger partial charge in [-0.25, -0.2) is 9.59 Å². The number of fused-ring (bicyclic) bond motifs is 1. The standard InChI is InChI=1S/C23H27N5O8S/c1-4-26-10-11-27(19(32)18(26)31)22(35)25-13(12-8-6-5-7-9-12)16(29)24-14-17(30)28-15(21(33)34)23(2,3)37(36)20(14)28/h5-9,13-15,20H,4,10-11H2,1-3H3,(H,24,29)(H,25,35)(H,33,34)/t13-,14-,15+,20-,37?/m1/s1. The highest BCUT2D eigenvalue weighted by Gasteiger charge is 2.68. The molecule has 198 valence electrons. The fourth-order valence-electron chi connectivity index (χ4n) is 4.85. The molecule has 14 heteroatoms. The van der Waals surface area contributed by atoms with Crippen LogP contribution in [0, 0.1) is 0 Å². The Kier molecular flexibility index (Phi) is 6.79. The summed E-state index contributed by atoms with van der Waals surface area (Å²) in [5.41, 5.74) is 0.333. The van der Waals surface area contributed by atoms with Crippen molar-refractivity contribution in [1.82, 2.24) is 25.3 Å². The van der Waals surface area contributed by atoms with Gasteiger partial charge in [0.1, 0.15) is 23.5 Å². The molecule has 0 aliphatic carbocycles. The number of β-lactam (4-membered cyclic amide) rings is 1. The van der Waals surface area contributed by atoms with Crippen LogP contribution in [-0.2, 0) is 34.8 Å². The maximum atomic E-state index is 13.3. The van der Waals surface area contributed by atoms with Crippen molar-refractivity contribution in [1.29, 1.82) is 0 Å². The smallest absolute Gasteiger partial charge is 0.328 e. The molecule has 1 aromatic rings. The lowest BCUT2D eigenvalue weighted by Crippen LogP contribution is -2.72. The minimum absolute atomic E-state index is 0.0594. The number of nitrogens with zero attached hydrogens (tertiary/aromatic N) is 3. The second-order valence-corrected chi connectivity index (χ2v) is 11.5. The van der Waals surface area contributed by atoms with Crippen molar-refractivity contribution in [2.24, 2.45) is 0 Å². The normalized spacial score (nSPS) is 27.3. The van der Waals surface area contributed by atoms with Crippen LogP contribution in [0.1, 0.15) is 32.4 Å². The number of carbonyl (C=O) groups is 6. The third-order valence-corrected chi connectivity index (χ3v) is 9.08. The number of rotatable bonds is 6. The van der Waals surface area contributed by atoms with E-state index < -0.39 is 74.7 Å². The second-order valence-electron chi connectivity index (χ2n) is 9.40. The fraction of sp³-hybridized carbons (Fsp3) is 0.478. The zero-order valence-corrected chi connectivity index (χ0v) is 21.2. The SMILES string of the molecule is CCN1CCN(C(=O)N[C@@H](C(=O)N[C@@H]2C(=O)N3[C@@H]2S(=O)C(C)(C)[C@@H]3C(=O)O)c2ccccc2)C(=O)C1=O. The molecule has 37 heavy (non-hydrogen) atoms. The van der Waals surface area contributed by atoms with Crippen molar-refractivity contribution in [3.63, 3.8) is 0 Å². The van der Waals surface area contributed by atoms with Gasteiger partial charge in [0.2, 0.25) is 11.8 Å². The van der Waals surface area contributed by atoms with E-state index in [2.05, 4.69) is 10.6 Å². The van der Waals surface area contributed by atoms with Gasteiger partial charge in [-0.2, -0.15) is 0 Å². The third kappa shape index (κ3) is 4.24. The van der Waals surface area contributed by atoms with Crippen LogP contribution in [0.2, 0.25) is 0 Å². The molecule has 4 rings (SSSR count). The summed E-state index contributed by atoms with van der Waals surface area (Å²) in [5, 5.41) is 13.5. The first-order valence-corrected chi connectivity index (χ1v) is 12.8. The van der Waals surface area contributed by atoms with E-state index in [1.54, 1.807) is 37.3 Å². The number of hydrogen-bond donors (Lipinski definition) is 3. The summed E-state index contributed by atoms with van der Waals surface area (Å²) in [5.74, 6) is -4.66. The second kappa shape index (κ2) is 9.57. The number of hydrogen-bond acceptors (Lipinski definition) is 7. The van der Waals surface area contributed by atoms with Crippen LogP contribution in [0.3, 0.4) is 0 Å². The third-order valence-electron chi connectivity index (χ3n) is 6.88. The monoisotopic (exact) mass is 533 g/mol. The zero-order valence-electron chi connectivity index (χ0n) is 20.4. The Hall–Kier alpha value is -3.81. The number of carboxylic acids is 1. The average Bonchev–Trinajstić information content (AvgIpc) is 3.05. The molecule has 3 saturated heterocycles. The van der Waals surface area contributed by atoms with E-state index in [1.165, 1.54) is 18.7 Å². The number of likely N-dealkylation sites (N-methyl/N-ethyl adjacent to an activating group) is 1. The van der Waals surface area contributed by atoms with Gasteiger partial charge in [0.05, 0.1) is 15.5 Å². The van der Waals surface area contributed by atoms with Crippen molar-refractivity contribution in [2.45, 2.75) is 49.0 Å². The summed E-state index contributed by atoms with van der Waals surface area (Å²) < 4.78 is 11.8. The Morgan fingerprint density at radius 1 is 1.11 bits per heavy atom. The zero-order chi connectivity index (χ0) is 27.2. The largest absolute Gasteiger partial charge is 0.480 e. The molecular formula is C23H27N5O8S. The van der Waals surface area contributed by atoms with E-state index >= 15 is 0 Å². The maximum absolute atomic E-state index is 13.3. The Balaban J connectivity index is 1.54. The highest BCUT2D eigenvalue weighted by Crippen LogP contribution is 2.43. The fourth-order valence-corrected chi connectivity index (χ4v) is 6.77. The summed E-state index contributed by atoms with van der Waals surface area (Å²) in [6.45, 7) is 5.07. The lowest BCUT2D eigenvalue weighted by molar-refractivity contribution is -0.161. The van der Waals surface area contributed by atoms with E-state index in [1.807, 2.05) is 0 Å². The van der Waals surface area contributed by atoms with Crippen LogP contribution < -0.4 is 10.6 Å². The predicted molar refractivity (Wildman–Crippen MR) is 128 cm³/mol. The summed E-state index contributed by atoms with van der Waals surface area (Å²) in [7, 11) is -1.80. The van der Waals surface area contributed by atoms with Crippen LogP contribution in [0.25, 0.3) is 0 Å². The first-order valence-electron chi connectivity index (χ1n) is 11.6. The molecule has 1 aromatic carbocycles. The number of carboxylic acid groups (broad SMARTS) is 1. The molecule has 13 nitrogen and oxygen atoms in total. The molecule has 3 aliphatic heterocycles. The molecule has 0 saturated carbocycles. The number of piperazine rings is 1. The number of urea groups is 1. The minimum Gasteiger partial charge on any atom is -0.480 e. The van der Waals surface area contributed by atoms with Crippen molar-refractivity contribution < 1.29 is 38.1 Å². The molecule has 0 bridgehead atoms. The molecule has 5 atom stereocenters. The maximum Gasteiger partial charge on any atom is 0.328 e. The van der Waals surface area contributed by atoms with Gasteiger partial charge in [-0.1, -0.05) is 30.3 Å². The Labute approximate surface area is 214 Å². The van der Waals surface area contributed by atoms with Crippen LogP contribution >= 0.6 is 0 Å². The van der Waals surface area contributed by atoms with E-state index in [-0.39, 0.29) is 13.1 Å². The summed E-state index contributed by atoms with van der Waals surface area (Å²) in [4.78, 5) is 78.6.